The third kappa shape index (κ3) is 8.37. The molecule has 288 valence electrons. The third-order valence-electron chi connectivity index (χ3n) is 10.6. The van der Waals surface area contributed by atoms with Gasteiger partial charge in [-0.1, -0.05) is 58.0 Å². The van der Waals surface area contributed by atoms with E-state index in [2.05, 4.69) is 57.0 Å². The van der Waals surface area contributed by atoms with Crippen LogP contribution in [0, 0.1) is 11.8 Å². The van der Waals surface area contributed by atoms with Crippen LogP contribution in [0.25, 0.3) is 22.3 Å². The standard InChI is InChI=1S/C40H52N8O6/c1-23(2)33(45-39(51)53-5)37(49)47-19-7-9-31(47)35-41-22-30(44-35)27-16-13-25(14-17-27)11-12-26-15-18-28-29(21-26)43-36(42-28)32-10-8-20-48(32)38(50)34(24(3)4)46-40(52)54-6/h13-18,21-24,31-34H,7-12,19-20H2,1-6H3,(H,41,44)(H,42,43)(H,45,51)(H,46,52)/t31-,32-,33-,34-/m0/s1. The second-order valence-corrected chi connectivity index (χ2v) is 14.9. The largest absolute Gasteiger partial charge is 0.453 e. The van der Waals surface area contributed by atoms with Crippen LogP contribution in [0.1, 0.15) is 88.2 Å². The van der Waals surface area contributed by atoms with E-state index in [0.717, 1.165) is 72.5 Å². The molecule has 0 spiro atoms. The zero-order chi connectivity index (χ0) is 38.5. The number of nitrogens with zero attached hydrogens (tertiary/aromatic N) is 4. The molecule has 0 saturated carbocycles. The minimum atomic E-state index is -0.680. The molecule has 0 aliphatic carbocycles. The number of likely N-dealkylation sites (tertiary alicyclic amines) is 2. The van der Waals surface area contributed by atoms with Gasteiger partial charge >= 0.3 is 12.2 Å². The van der Waals surface area contributed by atoms with Crippen LogP contribution in [0.2, 0.25) is 0 Å². The average molecular weight is 741 g/mol. The molecule has 0 bridgehead atoms. The number of aromatic amines is 2. The summed E-state index contributed by atoms with van der Waals surface area (Å²) in [6.45, 7) is 8.83. The molecule has 4 atom stereocenters. The van der Waals surface area contributed by atoms with Crippen molar-refractivity contribution < 1.29 is 28.7 Å². The maximum absolute atomic E-state index is 13.6. The average Bonchev–Trinajstić information content (AvgIpc) is 4.00. The van der Waals surface area contributed by atoms with Gasteiger partial charge in [-0.3, -0.25) is 9.59 Å². The zero-order valence-corrected chi connectivity index (χ0v) is 32.0. The number of imidazole rings is 2. The lowest BCUT2D eigenvalue weighted by molar-refractivity contribution is -0.136. The number of hydrogen-bond acceptors (Lipinski definition) is 8. The van der Waals surface area contributed by atoms with Crippen molar-refractivity contribution in [1.29, 1.82) is 0 Å². The summed E-state index contributed by atoms with van der Waals surface area (Å²) < 4.78 is 9.51. The van der Waals surface area contributed by atoms with Gasteiger partial charge in [0.25, 0.3) is 0 Å². The first-order valence-corrected chi connectivity index (χ1v) is 18.9. The Morgan fingerprint density at radius 1 is 0.759 bits per heavy atom. The smallest absolute Gasteiger partial charge is 0.407 e. The fourth-order valence-corrected chi connectivity index (χ4v) is 7.56. The summed E-state index contributed by atoms with van der Waals surface area (Å²) in [6.07, 6.45) is 5.63. The number of benzene rings is 2. The maximum atomic E-state index is 13.6. The Labute approximate surface area is 315 Å². The number of methoxy groups -OCH3 is 2. The van der Waals surface area contributed by atoms with Crippen molar-refractivity contribution in [1.82, 2.24) is 40.4 Å². The topological polar surface area (TPSA) is 175 Å². The number of nitrogens with one attached hydrogen (secondary N) is 4. The van der Waals surface area contributed by atoms with Crippen molar-refractivity contribution >= 4 is 35.0 Å². The highest BCUT2D eigenvalue weighted by Gasteiger charge is 2.39. The summed E-state index contributed by atoms with van der Waals surface area (Å²) in [5, 5.41) is 5.40. The molecule has 2 aromatic heterocycles. The molecule has 2 aliphatic rings. The molecule has 4 amide bonds. The number of H-pyrrole nitrogens is 2. The van der Waals surface area contributed by atoms with Crippen molar-refractivity contribution in [3.05, 3.63) is 71.4 Å². The quantitative estimate of drug-likeness (QED) is 0.140. The lowest BCUT2D eigenvalue weighted by Crippen LogP contribution is -2.51. The molecule has 4 heterocycles. The first-order valence-electron chi connectivity index (χ1n) is 18.9. The number of aromatic nitrogens is 4. The molecule has 2 saturated heterocycles. The van der Waals surface area contributed by atoms with Gasteiger partial charge in [0.2, 0.25) is 11.8 Å². The molecular weight excluding hydrogens is 688 g/mol. The van der Waals surface area contributed by atoms with Gasteiger partial charge in [-0.15, -0.1) is 0 Å². The second kappa shape index (κ2) is 16.7. The molecule has 54 heavy (non-hydrogen) atoms. The fraction of sp³-hybridized carbons (Fsp3) is 0.500. The number of fused-ring (bicyclic) bond motifs is 1. The molecule has 2 aromatic carbocycles. The highest BCUT2D eigenvalue weighted by atomic mass is 16.5. The van der Waals surface area contributed by atoms with Crippen LogP contribution in [0.15, 0.2) is 48.7 Å². The fourth-order valence-electron chi connectivity index (χ4n) is 7.56. The lowest BCUT2D eigenvalue weighted by atomic mass is 10.0. The molecule has 14 heteroatoms. The number of rotatable bonds is 12. The van der Waals surface area contributed by atoms with E-state index in [1.165, 1.54) is 25.3 Å². The molecule has 0 radical (unpaired) electrons. The Morgan fingerprint density at radius 3 is 1.85 bits per heavy atom. The summed E-state index contributed by atoms with van der Waals surface area (Å²) in [4.78, 5) is 71.1. The number of carbonyl (C=O) groups excluding carboxylic acids is 4. The van der Waals surface area contributed by atoms with Gasteiger partial charge in [0.15, 0.2) is 0 Å². The summed E-state index contributed by atoms with van der Waals surface area (Å²) in [5.41, 5.74) is 5.94. The molecule has 0 unspecified atom stereocenters. The van der Waals surface area contributed by atoms with Gasteiger partial charge in [0.1, 0.15) is 23.7 Å². The Morgan fingerprint density at radius 2 is 1.30 bits per heavy atom. The van der Waals surface area contributed by atoms with E-state index in [9.17, 15) is 19.2 Å². The van der Waals surface area contributed by atoms with Crippen molar-refractivity contribution in [2.45, 2.75) is 90.4 Å². The molecular formula is C40H52N8O6. The normalized spacial score (nSPS) is 18.3. The predicted molar refractivity (Wildman–Crippen MR) is 203 cm³/mol. The van der Waals surface area contributed by atoms with Crippen LogP contribution in [0.4, 0.5) is 9.59 Å². The van der Waals surface area contributed by atoms with E-state index in [4.69, 9.17) is 19.4 Å². The summed E-state index contributed by atoms with van der Waals surface area (Å²) in [5.74, 6) is 1.04. The van der Waals surface area contributed by atoms with Crippen LogP contribution in [0.5, 0.6) is 0 Å². The first kappa shape index (κ1) is 38.3. The number of ether oxygens (including phenoxy) is 2. The minimum Gasteiger partial charge on any atom is -0.453 e. The Balaban J connectivity index is 1.08. The van der Waals surface area contributed by atoms with E-state index in [1.54, 1.807) is 0 Å². The number of carbonyl (C=O) groups is 4. The van der Waals surface area contributed by atoms with Crippen LogP contribution < -0.4 is 10.6 Å². The van der Waals surface area contributed by atoms with Crippen LogP contribution in [0.3, 0.4) is 0 Å². The van der Waals surface area contributed by atoms with E-state index in [1.807, 2.05) is 49.8 Å². The van der Waals surface area contributed by atoms with Gasteiger partial charge < -0.3 is 39.9 Å². The van der Waals surface area contributed by atoms with Crippen molar-refractivity contribution in [2.24, 2.45) is 11.8 Å². The first-order chi connectivity index (χ1) is 26.0. The zero-order valence-electron chi connectivity index (χ0n) is 32.0. The SMILES string of the molecule is COC(=O)N[C@H](C(=O)N1CCC[C@H]1c1nc(-c2ccc(CCc3ccc4[nH]c([C@@H]5CCCN5C(=O)[C@@H](NC(=O)OC)C(C)C)nc4c3)cc2)c[nH]1)C(C)C. The third-order valence-corrected chi connectivity index (χ3v) is 10.6. The summed E-state index contributed by atoms with van der Waals surface area (Å²) in [6, 6.07) is 12.9. The number of amides is 4. The van der Waals surface area contributed by atoms with Gasteiger partial charge in [-0.2, -0.15) is 0 Å². The van der Waals surface area contributed by atoms with Crippen molar-refractivity contribution in [2.75, 3.05) is 27.3 Å². The van der Waals surface area contributed by atoms with Gasteiger partial charge in [-0.05, 0) is 73.6 Å². The molecule has 4 aromatic rings. The van der Waals surface area contributed by atoms with Gasteiger partial charge in [-0.25, -0.2) is 19.6 Å². The van der Waals surface area contributed by atoms with E-state index < -0.39 is 24.3 Å². The van der Waals surface area contributed by atoms with Gasteiger partial charge in [0.05, 0.1) is 43.0 Å². The highest BCUT2D eigenvalue weighted by Crippen LogP contribution is 2.34. The minimum absolute atomic E-state index is 0.0973. The van der Waals surface area contributed by atoms with Crippen molar-refractivity contribution in [3.63, 3.8) is 0 Å². The number of alkyl carbamates (subject to hydrolysis) is 2. The van der Waals surface area contributed by atoms with E-state index in [-0.39, 0.29) is 35.7 Å². The molecule has 6 rings (SSSR count). The number of aryl methyl sites for hydroxylation is 2. The van der Waals surface area contributed by atoms with E-state index in [0.29, 0.717) is 13.1 Å². The molecule has 2 aliphatic heterocycles. The molecule has 14 nitrogen and oxygen atoms in total. The monoisotopic (exact) mass is 740 g/mol. The molecule has 2 fully saturated rings. The maximum Gasteiger partial charge on any atom is 0.407 e. The Bertz CT molecular complexity index is 1950. The Kier molecular flexibility index (Phi) is 11.9. The van der Waals surface area contributed by atoms with Crippen LogP contribution in [-0.2, 0) is 31.9 Å². The molecule has 4 N–H and O–H groups in total. The summed E-state index contributed by atoms with van der Waals surface area (Å²) >= 11 is 0. The lowest BCUT2D eigenvalue weighted by Gasteiger charge is -2.29. The van der Waals surface area contributed by atoms with Crippen LogP contribution in [-0.4, -0.2) is 93.1 Å². The highest BCUT2D eigenvalue weighted by molar-refractivity contribution is 5.87. The van der Waals surface area contributed by atoms with Crippen LogP contribution >= 0.6 is 0 Å². The van der Waals surface area contributed by atoms with E-state index >= 15 is 0 Å². The van der Waals surface area contributed by atoms with Gasteiger partial charge in [0, 0.05) is 24.8 Å². The summed E-state index contributed by atoms with van der Waals surface area (Å²) in [7, 11) is 2.59. The second-order valence-electron chi connectivity index (χ2n) is 14.9. The number of hydrogen-bond donors (Lipinski definition) is 4. The van der Waals surface area contributed by atoms with Crippen molar-refractivity contribution in [3.8, 4) is 11.3 Å². The predicted octanol–water partition coefficient (Wildman–Crippen LogP) is 5.83. The Hall–Kier alpha value is -5.40.